The summed E-state index contributed by atoms with van der Waals surface area (Å²) in [6.07, 6.45) is 2.39. The van der Waals surface area contributed by atoms with Crippen LogP contribution in [0.4, 0.5) is 8.78 Å². The van der Waals surface area contributed by atoms with Crippen LogP contribution in [0.15, 0.2) is 42.5 Å². The van der Waals surface area contributed by atoms with Crippen LogP contribution in [0.5, 0.6) is 0 Å². The van der Waals surface area contributed by atoms with Gasteiger partial charge in [-0.25, -0.2) is 13.6 Å². The lowest BCUT2D eigenvalue weighted by molar-refractivity contribution is 0.0697. The van der Waals surface area contributed by atoms with Gasteiger partial charge in [-0.3, -0.25) is 0 Å². The molecule has 2 rings (SSSR count). The predicted octanol–water partition coefficient (Wildman–Crippen LogP) is 3.82. The van der Waals surface area contributed by atoms with Crippen molar-refractivity contribution in [1.29, 1.82) is 0 Å². The summed E-state index contributed by atoms with van der Waals surface area (Å²) in [5.41, 5.74) is 2.14. The molecule has 0 fully saturated rings. The number of aromatic carboxylic acids is 1. The van der Waals surface area contributed by atoms with Crippen molar-refractivity contribution in [3.63, 3.8) is 0 Å². The first kappa shape index (κ1) is 18.1. The Kier molecular flexibility index (Phi) is 6.44. The molecule has 1 unspecified atom stereocenters. The Labute approximate surface area is 140 Å². The molecule has 2 aromatic rings. The van der Waals surface area contributed by atoms with Crippen LogP contribution in [0.2, 0.25) is 0 Å². The molecule has 0 bridgehead atoms. The molecule has 0 heterocycles. The molecular formula is C19H21F2NO2. The highest BCUT2D eigenvalue weighted by atomic mass is 19.2. The second-order valence-corrected chi connectivity index (χ2v) is 5.91. The van der Waals surface area contributed by atoms with Gasteiger partial charge in [-0.05, 0) is 68.1 Å². The third kappa shape index (κ3) is 5.42. The van der Waals surface area contributed by atoms with E-state index in [1.165, 1.54) is 6.07 Å². The van der Waals surface area contributed by atoms with Crippen LogP contribution >= 0.6 is 0 Å². The molecule has 1 atom stereocenters. The summed E-state index contributed by atoms with van der Waals surface area (Å²) in [5.74, 6) is -2.56. The SMILES string of the molecule is CC(Cc1ccc(F)c(F)c1)NCCCc1ccc(C(=O)O)cc1. The molecule has 3 nitrogen and oxygen atoms in total. The van der Waals surface area contributed by atoms with E-state index >= 15 is 0 Å². The van der Waals surface area contributed by atoms with Gasteiger partial charge in [-0.2, -0.15) is 0 Å². The van der Waals surface area contributed by atoms with Gasteiger partial charge < -0.3 is 10.4 Å². The van der Waals surface area contributed by atoms with Gasteiger partial charge >= 0.3 is 5.97 Å². The van der Waals surface area contributed by atoms with Crippen LogP contribution in [0, 0.1) is 11.6 Å². The van der Waals surface area contributed by atoms with Gasteiger partial charge in [0.15, 0.2) is 11.6 Å². The first-order chi connectivity index (χ1) is 11.5. The number of nitrogens with one attached hydrogen (secondary N) is 1. The number of rotatable bonds is 8. The van der Waals surface area contributed by atoms with E-state index in [1.807, 2.05) is 19.1 Å². The van der Waals surface area contributed by atoms with E-state index in [0.717, 1.165) is 36.6 Å². The van der Waals surface area contributed by atoms with Gasteiger partial charge in [0, 0.05) is 6.04 Å². The fourth-order valence-corrected chi connectivity index (χ4v) is 2.55. The zero-order valence-corrected chi connectivity index (χ0v) is 13.6. The smallest absolute Gasteiger partial charge is 0.335 e. The van der Waals surface area contributed by atoms with Crippen LogP contribution in [-0.2, 0) is 12.8 Å². The lowest BCUT2D eigenvalue weighted by atomic mass is 10.1. The average molecular weight is 333 g/mol. The minimum absolute atomic E-state index is 0.157. The molecule has 0 aliphatic heterocycles. The summed E-state index contributed by atoms with van der Waals surface area (Å²) in [6, 6.07) is 11.0. The molecule has 0 aromatic heterocycles. The van der Waals surface area contributed by atoms with Crippen LogP contribution in [0.25, 0.3) is 0 Å². The molecule has 0 spiro atoms. The molecule has 0 saturated carbocycles. The molecule has 24 heavy (non-hydrogen) atoms. The van der Waals surface area contributed by atoms with Crippen LogP contribution in [-0.4, -0.2) is 23.7 Å². The number of carboxylic acids is 1. The minimum atomic E-state index is -0.922. The highest BCUT2D eigenvalue weighted by Gasteiger charge is 2.07. The van der Waals surface area contributed by atoms with E-state index in [2.05, 4.69) is 5.32 Å². The quantitative estimate of drug-likeness (QED) is 0.722. The topological polar surface area (TPSA) is 49.3 Å². The molecule has 0 aliphatic rings. The van der Waals surface area contributed by atoms with E-state index in [-0.39, 0.29) is 11.6 Å². The zero-order valence-electron chi connectivity index (χ0n) is 13.6. The van der Waals surface area contributed by atoms with Gasteiger partial charge in [0.05, 0.1) is 5.56 Å². The first-order valence-electron chi connectivity index (χ1n) is 7.95. The average Bonchev–Trinajstić information content (AvgIpc) is 2.55. The van der Waals surface area contributed by atoms with Gasteiger partial charge in [-0.1, -0.05) is 18.2 Å². The Morgan fingerprint density at radius 1 is 1.08 bits per heavy atom. The number of carbonyl (C=O) groups is 1. The molecule has 2 N–H and O–H groups in total. The number of hydrogen-bond donors (Lipinski definition) is 2. The molecule has 128 valence electrons. The third-order valence-corrected chi connectivity index (χ3v) is 3.86. The molecule has 0 amide bonds. The van der Waals surface area contributed by atoms with E-state index < -0.39 is 17.6 Å². The number of benzene rings is 2. The van der Waals surface area contributed by atoms with Gasteiger partial charge in [0.25, 0.3) is 0 Å². The van der Waals surface area contributed by atoms with E-state index in [4.69, 9.17) is 5.11 Å². The van der Waals surface area contributed by atoms with Crippen molar-refractivity contribution >= 4 is 5.97 Å². The second-order valence-electron chi connectivity index (χ2n) is 5.91. The van der Waals surface area contributed by atoms with Crippen LogP contribution in [0.1, 0.15) is 34.8 Å². The standard InChI is InChI=1S/C19H21F2NO2/c1-13(11-15-6-9-17(20)18(21)12-15)22-10-2-3-14-4-7-16(8-5-14)19(23)24/h4-9,12-13,22H,2-3,10-11H2,1H3,(H,23,24). The van der Waals surface area contributed by atoms with E-state index in [1.54, 1.807) is 18.2 Å². The van der Waals surface area contributed by atoms with E-state index in [9.17, 15) is 13.6 Å². The number of carboxylic acid groups (broad SMARTS) is 1. The van der Waals surface area contributed by atoms with Crippen molar-refractivity contribution in [3.05, 3.63) is 70.8 Å². The third-order valence-electron chi connectivity index (χ3n) is 3.86. The summed E-state index contributed by atoms with van der Waals surface area (Å²) in [6.45, 7) is 2.80. The molecule has 2 aromatic carbocycles. The number of hydrogen-bond acceptors (Lipinski definition) is 2. The number of halogens is 2. The van der Waals surface area contributed by atoms with Crippen molar-refractivity contribution in [2.45, 2.75) is 32.2 Å². The fraction of sp³-hybridized carbons (Fsp3) is 0.316. The van der Waals surface area contributed by atoms with Crippen LogP contribution in [0.3, 0.4) is 0 Å². The summed E-state index contributed by atoms with van der Waals surface area (Å²) < 4.78 is 26.1. The highest BCUT2D eigenvalue weighted by Crippen LogP contribution is 2.11. The molecular weight excluding hydrogens is 312 g/mol. The Bertz CT molecular complexity index is 686. The molecule has 5 heteroatoms. The zero-order chi connectivity index (χ0) is 17.5. The maximum atomic E-state index is 13.2. The lowest BCUT2D eigenvalue weighted by Gasteiger charge is -2.14. The Morgan fingerprint density at radius 3 is 2.38 bits per heavy atom. The maximum absolute atomic E-state index is 13.2. The normalized spacial score (nSPS) is 12.1. The fourth-order valence-electron chi connectivity index (χ4n) is 2.55. The largest absolute Gasteiger partial charge is 0.478 e. The van der Waals surface area contributed by atoms with Crippen molar-refractivity contribution < 1.29 is 18.7 Å². The second kappa shape index (κ2) is 8.55. The predicted molar refractivity (Wildman–Crippen MR) is 89.2 cm³/mol. The summed E-state index contributed by atoms with van der Waals surface area (Å²) >= 11 is 0. The first-order valence-corrected chi connectivity index (χ1v) is 7.95. The Morgan fingerprint density at radius 2 is 1.75 bits per heavy atom. The van der Waals surface area contributed by atoms with E-state index in [0.29, 0.717) is 6.42 Å². The van der Waals surface area contributed by atoms with Gasteiger partial charge in [-0.15, -0.1) is 0 Å². The van der Waals surface area contributed by atoms with Crippen molar-refractivity contribution in [2.75, 3.05) is 6.54 Å². The Balaban J connectivity index is 1.71. The van der Waals surface area contributed by atoms with Crippen molar-refractivity contribution in [1.82, 2.24) is 5.32 Å². The number of aryl methyl sites for hydroxylation is 1. The lowest BCUT2D eigenvalue weighted by Crippen LogP contribution is -2.29. The Hall–Kier alpha value is -2.27. The molecule has 0 saturated heterocycles. The monoisotopic (exact) mass is 333 g/mol. The molecule has 0 radical (unpaired) electrons. The van der Waals surface area contributed by atoms with Gasteiger partial charge in [0.1, 0.15) is 0 Å². The van der Waals surface area contributed by atoms with Crippen molar-refractivity contribution in [2.24, 2.45) is 0 Å². The summed E-state index contributed by atoms with van der Waals surface area (Å²) in [7, 11) is 0. The molecule has 0 aliphatic carbocycles. The summed E-state index contributed by atoms with van der Waals surface area (Å²) in [4.78, 5) is 10.8. The summed E-state index contributed by atoms with van der Waals surface area (Å²) in [5, 5.41) is 12.2. The maximum Gasteiger partial charge on any atom is 0.335 e. The minimum Gasteiger partial charge on any atom is -0.478 e. The van der Waals surface area contributed by atoms with Crippen molar-refractivity contribution in [3.8, 4) is 0 Å². The van der Waals surface area contributed by atoms with Crippen LogP contribution < -0.4 is 5.32 Å². The van der Waals surface area contributed by atoms with Gasteiger partial charge in [0.2, 0.25) is 0 Å². The highest BCUT2D eigenvalue weighted by molar-refractivity contribution is 5.87.